The summed E-state index contributed by atoms with van der Waals surface area (Å²) in [5.41, 5.74) is 0.661. The molecule has 1 atom stereocenters. The predicted molar refractivity (Wildman–Crippen MR) is 78.6 cm³/mol. The van der Waals surface area contributed by atoms with Crippen LogP contribution in [0.1, 0.15) is 33.5 Å². The lowest BCUT2D eigenvalue weighted by molar-refractivity contribution is -0.385. The Hall–Kier alpha value is -2.67. The van der Waals surface area contributed by atoms with E-state index >= 15 is 0 Å². The third kappa shape index (κ3) is 3.50. The second kappa shape index (κ2) is 6.40. The van der Waals surface area contributed by atoms with E-state index in [1.54, 1.807) is 26.0 Å². The van der Waals surface area contributed by atoms with Crippen LogP contribution >= 0.6 is 0 Å². The fraction of sp³-hybridized carbons (Fsp3) is 0.267. The molecule has 7 nitrogen and oxygen atoms in total. The van der Waals surface area contributed by atoms with E-state index in [-0.39, 0.29) is 12.2 Å². The summed E-state index contributed by atoms with van der Waals surface area (Å²) in [5, 5.41) is 23.2. The Morgan fingerprint density at radius 1 is 1.36 bits per heavy atom. The van der Waals surface area contributed by atoms with E-state index in [0.29, 0.717) is 22.6 Å². The van der Waals surface area contributed by atoms with Gasteiger partial charge in [0, 0.05) is 17.2 Å². The minimum Gasteiger partial charge on any atom is -0.464 e. The molecule has 0 saturated carbocycles. The number of aliphatic hydroxyl groups is 1. The fourth-order valence-electron chi connectivity index (χ4n) is 2.03. The van der Waals surface area contributed by atoms with Gasteiger partial charge >= 0.3 is 0 Å². The van der Waals surface area contributed by atoms with E-state index in [4.69, 9.17) is 4.42 Å². The van der Waals surface area contributed by atoms with Crippen molar-refractivity contribution in [2.45, 2.75) is 20.0 Å². The van der Waals surface area contributed by atoms with Crippen LogP contribution in [0.2, 0.25) is 0 Å². The molecule has 116 valence electrons. The molecule has 1 amide bonds. The van der Waals surface area contributed by atoms with Crippen molar-refractivity contribution in [2.24, 2.45) is 0 Å². The van der Waals surface area contributed by atoms with E-state index in [1.165, 1.54) is 18.2 Å². The van der Waals surface area contributed by atoms with Gasteiger partial charge in [-0.1, -0.05) is 0 Å². The van der Waals surface area contributed by atoms with Crippen LogP contribution in [0.4, 0.5) is 5.69 Å². The normalized spacial score (nSPS) is 12.0. The quantitative estimate of drug-likeness (QED) is 0.651. The second-order valence-electron chi connectivity index (χ2n) is 4.93. The largest absolute Gasteiger partial charge is 0.464 e. The van der Waals surface area contributed by atoms with E-state index in [2.05, 4.69) is 5.32 Å². The summed E-state index contributed by atoms with van der Waals surface area (Å²) in [6, 6.07) is 7.47. The Kier molecular flexibility index (Phi) is 4.57. The van der Waals surface area contributed by atoms with Gasteiger partial charge in [0.05, 0.1) is 11.5 Å². The van der Waals surface area contributed by atoms with Gasteiger partial charge in [-0.15, -0.1) is 0 Å². The number of carbonyl (C=O) groups excluding carboxylic acids is 1. The van der Waals surface area contributed by atoms with Crippen molar-refractivity contribution in [3.8, 4) is 0 Å². The minimum absolute atomic E-state index is 0.0121. The van der Waals surface area contributed by atoms with Crippen LogP contribution in [0, 0.1) is 24.0 Å². The highest BCUT2D eigenvalue weighted by molar-refractivity contribution is 5.94. The van der Waals surface area contributed by atoms with Gasteiger partial charge in [-0.2, -0.15) is 0 Å². The highest BCUT2D eigenvalue weighted by Gasteiger charge is 2.16. The number of rotatable bonds is 5. The van der Waals surface area contributed by atoms with E-state index < -0.39 is 16.9 Å². The molecule has 7 heteroatoms. The molecular weight excluding hydrogens is 288 g/mol. The molecule has 0 spiro atoms. The van der Waals surface area contributed by atoms with Crippen LogP contribution in [0.15, 0.2) is 34.7 Å². The summed E-state index contributed by atoms with van der Waals surface area (Å²) >= 11 is 0. The standard InChI is InChI=1S/C15H16N2O5/c1-9-7-11(4-5-12(9)17(20)21)15(19)16-8-13(18)14-6-3-10(2)22-14/h3-7,13,18H,8H2,1-2H3,(H,16,19). The number of benzene rings is 1. The molecule has 0 bridgehead atoms. The van der Waals surface area contributed by atoms with Crippen LogP contribution in [0.25, 0.3) is 0 Å². The lowest BCUT2D eigenvalue weighted by atomic mass is 10.1. The molecule has 1 aromatic carbocycles. The molecule has 1 aromatic heterocycles. The number of aryl methyl sites for hydroxylation is 2. The number of aliphatic hydroxyl groups excluding tert-OH is 1. The second-order valence-corrected chi connectivity index (χ2v) is 4.93. The maximum Gasteiger partial charge on any atom is 0.272 e. The number of nitro groups is 1. The van der Waals surface area contributed by atoms with Gasteiger partial charge in [-0.05, 0) is 38.1 Å². The Morgan fingerprint density at radius 2 is 2.09 bits per heavy atom. The summed E-state index contributed by atoms with van der Waals surface area (Å²) in [6.45, 7) is 3.31. The summed E-state index contributed by atoms with van der Waals surface area (Å²) in [5.74, 6) is 0.629. The van der Waals surface area contributed by atoms with Crippen molar-refractivity contribution in [3.63, 3.8) is 0 Å². The van der Waals surface area contributed by atoms with Gasteiger partial charge in [-0.25, -0.2) is 0 Å². The number of amides is 1. The Balaban J connectivity index is 2.00. The molecule has 2 aromatic rings. The van der Waals surface area contributed by atoms with E-state index in [1.807, 2.05) is 0 Å². The maximum atomic E-state index is 12.0. The molecule has 22 heavy (non-hydrogen) atoms. The lowest BCUT2D eigenvalue weighted by Crippen LogP contribution is -2.28. The third-order valence-corrected chi connectivity index (χ3v) is 3.20. The lowest BCUT2D eigenvalue weighted by Gasteiger charge is -2.10. The number of nitrogens with one attached hydrogen (secondary N) is 1. The number of nitrogens with zero attached hydrogens (tertiary/aromatic N) is 1. The highest BCUT2D eigenvalue weighted by atomic mass is 16.6. The molecular formula is C15H16N2O5. The first-order valence-electron chi connectivity index (χ1n) is 6.66. The molecule has 0 aliphatic carbocycles. The number of hydrogen-bond donors (Lipinski definition) is 2. The third-order valence-electron chi connectivity index (χ3n) is 3.20. The van der Waals surface area contributed by atoms with Crippen LogP contribution in [-0.2, 0) is 0 Å². The van der Waals surface area contributed by atoms with Crippen molar-refractivity contribution < 1.29 is 19.2 Å². The van der Waals surface area contributed by atoms with Crippen LogP contribution < -0.4 is 5.32 Å². The molecule has 1 heterocycles. The molecule has 0 fully saturated rings. The topological polar surface area (TPSA) is 106 Å². The van der Waals surface area contributed by atoms with E-state index in [0.717, 1.165) is 0 Å². The first kappa shape index (κ1) is 15.7. The molecule has 2 N–H and O–H groups in total. The molecule has 1 unspecified atom stereocenters. The van der Waals surface area contributed by atoms with Crippen molar-refractivity contribution in [1.82, 2.24) is 5.32 Å². The molecule has 2 rings (SSSR count). The van der Waals surface area contributed by atoms with Gasteiger partial charge in [0.1, 0.15) is 17.6 Å². The van der Waals surface area contributed by atoms with Crippen molar-refractivity contribution in [1.29, 1.82) is 0 Å². The first-order chi connectivity index (χ1) is 10.4. The summed E-state index contributed by atoms with van der Waals surface area (Å²) < 4.78 is 5.27. The highest BCUT2D eigenvalue weighted by Crippen LogP contribution is 2.19. The van der Waals surface area contributed by atoms with Crippen LogP contribution in [-0.4, -0.2) is 22.5 Å². The smallest absolute Gasteiger partial charge is 0.272 e. The van der Waals surface area contributed by atoms with Gasteiger partial charge in [-0.3, -0.25) is 14.9 Å². The minimum atomic E-state index is -0.947. The van der Waals surface area contributed by atoms with Crippen molar-refractivity contribution in [3.05, 3.63) is 63.1 Å². The van der Waals surface area contributed by atoms with Crippen LogP contribution in [0.3, 0.4) is 0 Å². The summed E-state index contributed by atoms with van der Waals surface area (Å²) in [6.07, 6.45) is -0.947. The SMILES string of the molecule is Cc1ccc(C(O)CNC(=O)c2ccc([N+](=O)[O-])c(C)c2)o1. The fourth-order valence-corrected chi connectivity index (χ4v) is 2.03. The summed E-state index contributed by atoms with van der Waals surface area (Å²) in [4.78, 5) is 22.2. The average Bonchev–Trinajstić information content (AvgIpc) is 2.90. The first-order valence-corrected chi connectivity index (χ1v) is 6.66. The van der Waals surface area contributed by atoms with Crippen LogP contribution in [0.5, 0.6) is 0 Å². The van der Waals surface area contributed by atoms with Gasteiger partial charge in [0.25, 0.3) is 11.6 Å². The Bertz CT molecular complexity index is 708. The zero-order valence-electron chi connectivity index (χ0n) is 12.2. The summed E-state index contributed by atoms with van der Waals surface area (Å²) in [7, 11) is 0. The number of nitro benzene ring substituents is 1. The van der Waals surface area contributed by atoms with Crippen molar-refractivity contribution >= 4 is 11.6 Å². The van der Waals surface area contributed by atoms with E-state index in [9.17, 15) is 20.0 Å². The molecule has 0 radical (unpaired) electrons. The average molecular weight is 304 g/mol. The van der Waals surface area contributed by atoms with Gasteiger partial charge in [0.15, 0.2) is 0 Å². The Labute approximate surface area is 126 Å². The molecule has 0 aliphatic heterocycles. The van der Waals surface area contributed by atoms with Crippen molar-refractivity contribution in [2.75, 3.05) is 6.54 Å². The maximum absolute atomic E-state index is 12.0. The predicted octanol–water partition coefficient (Wildman–Crippen LogP) is 2.27. The van der Waals surface area contributed by atoms with Gasteiger partial charge in [0.2, 0.25) is 0 Å². The zero-order valence-corrected chi connectivity index (χ0v) is 12.2. The molecule has 0 saturated heterocycles. The zero-order chi connectivity index (χ0) is 16.3. The Morgan fingerprint density at radius 3 is 2.64 bits per heavy atom. The number of furan rings is 1. The monoisotopic (exact) mass is 304 g/mol. The molecule has 0 aliphatic rings. The number of carbonyl (C=O) groups is 1. The van der Waals surface area contributed by atoms with Gasteiger partial charge < -0.3 is 14.8 Å². The number of hydrogen-bond acceptors (Lipinski definition) is 5.